The molecule has 0 radical (unpaired) electrons. The average molecular weight is 300 g/mol. The molecule has 0 saturated heterocycles. The molecule has 0 saturated carbocycles. The van der Waals surface area contributed by atoms with Crippen molar-refractivity contribution in [2.45, 2.75) is 24.3 Å². The number of fused-ring (bicyclic) bond motifs is 1. The molecule has 0 aliphatic rings. The van der Waals surface area contributed by atoms with Crippen molar-refractivity contribution in [1.82, 2.24) is 9.55 Å². The van der Waals surface area contributed by atoms with E-state index < -0.39 is 0 Å². The largest absolute Gasteiger partial charge is 0.328 e. The highest BCUT2D eigenvalue weighted by molar-refractivity contribution is 14.1. The lowest BCUT2D eigenvalue weighted by atomic mass is 10.2. The molecule has 0 fully saturated rings. The van der Waals surface area contributed by atoms with E-state index in [2.05, 4.69) is 64.2 Å². The van der Waals surface area contributed by atoms with Crippen molar-refractivity contribution in [3.05, 3.63) is 30.1 Å². The number of imidazole rings is 1. The van der Waals surface area contributed by atoms with E-state index >= 15 is 0 Å². The molecule has 74 valence electrons. The zero-order chi connectivity index (χ0) is 10.1. The van der Waals surface area contributed by atoms with Crippen LogP contribution in [0.3, 0.4) is 0 Å². The van der Waals surface area contributed by atoms with Crippen LogP contribution in [-0.2, 0) is 4.43 Å². The molecule has 0 amide bonds. The lowest BCUT2D eigenvalue weighted by molar-refractivity contribution is 0.617. The summed E-state index contributed by atoms with van der Waals surface area (Å²) in [7, 11) is 0. The van der Waals surface area contributed by atoms with Crippen LogP contribution in [0.25, 0.3) is 11.0 Å². The Bertz CT molecular complexity index is 445. The minimum absolute atomic E-state index is 0.477. The van der Waals surface area contributed by atoms with E-state index in [9.17, 15) is 0 Å². The monoisotopic (exact) mass is 300 g/mol. The van der Waals surface area contributed by atoms with Crippen molar-refractivity contribution in [1.29, 1.82) is 0 Å². The molecule has 0 bridgehead atoms. The van der Waals surface area contributed by atoms with Crippen LogP contribution in [0.15, 0.2) is 24.5 Å². The average Bonchev–Trinajstić information content (AvgIpc) is 2.59. The molecular weight excluding hydrogens is 287 g/mol. The SMILES string of the molecule is CC(C)n1cnc2cc(CI)ccc21. The van der Waals surface area contributed by atoms with Gasteiger partial charge in [0.2, 0.25) is 0 Å². The Morgan fingerprint density at radius 3 is 2.86 bits per heavy atom. The second-order valence-corrected chi connectivity index (χ2v) is 4.47. The fourth-order valence-corrected chi connectivity index (χ4v) is 2.05. The van der Waals surface area contributed by atoms with Crippen LogP contribution in [0.4, 0.5) is 0 Å². The minimum Gasteiger partial charge on any atom is -0.328 e. The zero-order valence-corrected chi connectivity index (χ0v) is 10.5. The van der Waals surface area contributed by atoms with Crippen molar-refractivity contribution in [2.24, 2.45) is 0 Å². The van der Waals surface area contributed by atoms with Gasteiger partial charge >= 0.3 is 0 Å². The molecule has 0 N–H and O–H groups in total. The molecule has 0 atom stereocenters. The predicted octanol–water partition coefficient (Wildman–Crippen LogP) is 3.55. The smallest absolute Gasteiger partial charge is 0.0960 e. The summed E-state index contributed by atoms with van der Waals surface area (Å²) < 4.78 is 3.24. The number of halogens is 1. The van der Waals surface area contributed by atoms with Crippen molar-refractivity contribution < 1.29 is 0 Å². The van der Waals surface area contributed by atoms with Gasteiger partial charge in [-0.1, -0.05) is 28.7 Å². The van der Waals surface area contributed by atoms with Crippen molar-refractivity contribution >= 4 is 33.6 Å². The summed E-state index contributed by atoms with van der Waals surface area (Å²) in [6.07, 6.45) is 1.92. The molecule has 1 aromatic heterocycles. The van der Waals surface area contributed by atoms with Gasteiger partial charge in [-0.25, -0.2) is 4.98 Å². The number of benzene rings is 1. The fourth-order valence-electron chi connectivity index (χ4n) is 1.57. The number of nitrogens with zero attached hydrogens (tertiary/aromatic N) is 2. The third-order valence-corrected chi connectivity index (χ3v) is 3.23. The van der Waals surface area contributed by atoms with E-state index in [0.717, 1.165) is 9.94 Å². The van der Waals surface area contributed by atoms with Gasteiger partial charge < -0.3 is 4.57 Å². The summed E-state index contributed by atoms with van der Waals surface area (Å²) in [5.74, 6) is 0. The molecule has 2 nitrogen and oxygen atoms in total. The standard InChI is InChI=1S/C11H13IN2/c1-8(2)14-7-13-10-5-9(6-12)3-4-11(10)14/h3-5,7-8H,6H2,1-2H3. The molecule has 1 heterocycles. The number of rotatable bonds is 2. The normalized spacial score (nSPS) is 11.4. The van der Waals surface area contributed by atoms with Crippen molar-refractivity contribution in [3.8, 4) is 0 Å². The van der Waals surface area contributed by atoms with Crippen molar-refractivity contribution in [3.63, 3.8) is 0 Å². The molecule has 0 spiro atoms. The Labute approximate surface area is 97.5 Å². The summed E-state index contributed by atoms with van der Waals surface area (Å²) in [6, 6.07) is 6.98. The Kier molecular flexibility index (Phi) is 2.76. The molecule has 2 rings (SSSR count). The van der Waals surface area contributed by atoms with Gasteiger partial charge in [-0.3, -0.25) is 0 Å². The van der Waals surface area contributed by atoms with Crippen LogP contribution in [0.1, 0.15) is 25.5 Å². The lowest BCUT2D eigenvalue weighted by Crippen LogP contribution is -1.97. The minimum atomic E-state index is 0.477. The first-order valence-electron chi connectivity index (χ1n) is 4.74. The number of aromatic nitrogens is 2. The summed E-state index contributed by atoms with van der Waals surface area (Å²) in [5, 5.41) is 0. The van der Waals surface area contributed by atoms with Crippen LogP contribution < -0.4 is 0 Å². The Morgan fingerprint density at radius 2 is 2.21 bits per heavy atom. The Balaban J connectivity index is 2.59. The van der Waals surface area contributed by atoms with Crippen LogP contribution in [-0.4, -0.2) is 9.55 Å². The van der Waals surface area contributed by atoms with Gasteiger partial charge in [-0.15, -0.1) is 0 Å². The second kappa shape index (κ2) is 3.88. The van der Waals surface area contributed by atoms with E-state index in [1.165, 1.54) is 11.1 Å². The van der Waals surface area contributed by atoms with Crippen LogP contribution in [0.2, 0.25) is 0 Å². The maximum atomic E-state index is 4.41. The quantitative estimate of drug-likeness (QED) is 0.612. The third kappa shape index (κ3) is 1.65. The van der Waals surface area contributed by atoms with Gasteiger partial charge in [-0.05, 0) is 31.5 Å². The van der Waals surface area contributed by atoms with E-state index in [0.29, 0.717) is 6.04 Å². The molecular formula is C11H13IN2. The maximum absolute atomic E-state index is 4.41. The summed E-state index contributed by atoms with van der Waals surface area (Å²) in [6.45, 7) is 4.35. The van der Waals surface area contributed by atoms with Gasteiger partial charge in [-0.2, -0.15) is 0 Å². The van der Waals surface area contributed by atoms with E-state index in [1.807, 2.05) is 6.33 Å². The van der Waals surface area contributed by atoms with Crippen LogP contribution in [0, 0.1) is 0 Å². The summed E-state index contributed by atoms with van der Waals surface area (Å²) in [5.41, 5.74) is 3.67. The van der Waals surface area contributed by atoms with E-state index in [-0.39, 0.29) is 0 Å². The van der Waals surface area contributed by atoms with Crippen LogP contribution in [0.5, 0.6) is 0 Å². The molecule has 0 aliphatic heterocycles. The molecule has 3 heteroatoms. The fraction of sp³-hybridized carbons (Fsp3) is 0.364. The van der Waals surface area contributed by atoms with Gasteiger partial charge in [0.05, 0.1) is 17.4 Å². The van der Waals surface area contributed by atoms with Gasteiger partial charge in [0.15, 0.2) is 0 Å². The van der Waals surface area contributed by atoms with Gasteiger partial charge in [0, 0.05) is 10.5 Å². The summed E-state index contributed by atoms with van der Waals surface area (Å²) in [4.78, 5) is 4.41. The number of hydrogen-bond acceptors (Lipinski definition) is 1. The molecule has 0 aliphatic carbocycles. The topological polar surface area (TPSA) is 17.8 Å². The molecule has 2 aromatic rings. The Hall–Kier alpha value is -0.580. The first-order chi connectivity index (χ1) is 6.72. The highest BCUT2D eigenvalue weighted by atomic mass is 127. The number of alkyl halides is 1. The maximum Gasteiger partial charge on any atom is 0.0960 e. The summed E-state index contributed by atoms with van der Waals surface area (Å²) >= 11 is 2.37. The molecule has 1 aromatic carbocycles. The van der Waals surface area contributed by atoms with Gasteiger partial charge in [0.25, 0.3) is 0 Å². The van der Waals surface area contributed by atoms with E-state index in [4.69, 9.17) is 0 Å². The Morgan fingerprint density at radius 1 is 1.43 bits per heavy atom. The van der Waals surface area contributed by atoms with Crippen LogP contribution >= 0.6 is 22.6 Å². The molecule has 0 unspecified atom stereocenters. The number of hydrogen-bond donors (Lipinski definition) is 0. The third-order valence-electron chi connectivity index (χ3n) is 2.35. The molecule has 14 heavy (non-hydrogen) atoms. The highest BCUT2D eigenvalue weighted by Gasteiger charge is 2.05. The van der Waals surface area contributed by atoms with E-state index in [1.54, 1.807) is 0 Å². The van der Waals surface area contributed by atoms with Gasteiger partial charge in [0.1, 0.15) is 0 Å². The zero-order valence-electron chi connectivity index (χ0n) is 8.37. The predicted molar refractivity (Wildman–Crippen MR) is 67.8 cm³/mol. The second-order valence-electron chi connectivity index (χ2n) is 3.70. The first-order valence-corrected chi connectivity index (χ1v) is 6.26. The van der Waals surface area contributed by atoms with Crippen molar-refractivity contribution in [2.75, 3.05) is 0 Å². The first kappa shape index (κ1) is 9.96. The lowest BCUT2D eigenvalue weighted by Gasteiger charge is -2.07. The highest BCUT2D eigenvalue weighted by Crippen LogP contribution is 2.19.